The average molecular weight is 693 g/mol. The number of halogens is 2. The Morgan fingerprint density at radius 2 is 1.61 bits per heavy atom. The van der Waals surface area contributed by atoms with Gasteiger partial charge < -0.3 is 24.2 Å². The molecule has 10 heteroatoms. The van der Waals surface area contributed by atoms with Crippen molar-refractivity contribution in [3.63, 3.8) is 0 Å². The molecule has 6 rings (SSSR count). The van der Waals surface area contributed by atoms with Crippen molar-refractivity contribution in [3.05, 3.63) is 82.1 Å². The third kappa shape index (κ3) is 9.25. The van der Waals surface area contributed by atoms with Crippen LogP contribution in [0.5, 0.6) is 11.5 Å². The first kappa shape index (κ1) is 36.5. The first-order chi connectivity index (χ1) is 23.4. The molecule has 0 spiro atoms. The Labute approximate surface area is 295 Å². The van der Waals surface area contributed by atoms with E-state index in [4.69, 9.17) is 21.1 Å². The van der Waals surface area contributed by atoms with Crippen LogP contribution in [0.15, 0.2) is 54.6 Å². The number of amides is 2. The predicted octanol–water partition coefficient (Wildman–Crippen LogP) is 7.13. The number of carbonyl (C=O) groups is 2. The number of ether oxygens (including phenoxy) is 2. The molecule has 0 unspecified atom stereocenters. The maximum Gasteiger partial charge on any atom is 0.236 e. The van der Waals surface area contributed by atoms with Gasteiger partial charge in [-0.3, -0.25) is 14.5 Å². The van der Waals surface area contributed by atoms with E-state index in [1.807, 2.05) is 87.1 Å². The molecule has 0 bridgehead atoms. The van der Waals surface area contributed by atoms with E-state index >= 15 is 4.39 Å². The summed E-state index contributed by atoms with van der Waals surface area (Å²) in [7, 11) is 5.41. The molecule has 2 heterocycles. The molecule has 0 aromatic heterocycles. The number of methoxy groups -OCH3 is 1. The molecule has 1 saturated heterocycles. The zero-order valence-electron chi connectivity index (χ0n) is 29.7. The van der Waals surface area contributed by atoms with Crippen LogP contribution in [0, 0.1) is 18.7 Å². The fourth-order valence-corrected chi connectivity index (χ4v) is 7.11. The van der Waals surface area contributed by atoms with Crippen LogP contribution < -0.4 is 19.3 Å². The van der Waals surface area contributed by atoms with E-state index in [1.165, 1.54) is 11.6 Å². The lowest BCUT2D eigenvalue weighted by Crippen LogP contribution is -2.53. The Balaban J connectivity index is 0.000000514. The second-order valence-corrected chi connectivity index (χ2v) is 14.3. The zero-order chi connectivity index (χ0) is 35.2. The van der Waals surface area contributed by atoms with Crippen LogP contribution in [-0.2, 0) is 22.6 Å². The van der Waals surface area contributed by atoms with Crippen molar-refractivity contribution in [3.8, 4) is 11.5 Å². The molecule has 3 aromatic carbocycles. The van der Waals surface area contributed by atoms with Gasteiger partial charge in [-0.15, -0.1) is 0 Å². The smallest absolute Gasteiger partial charge is 0.236 e. The summed E-state index contributed by atoms with van der Waals surface area (Å²) >= 11 is 5.61. The third-order valence-electron chi connectivity index (χ3n) is 9.84. The number of hydrogen-bond donors (Lipinski definition) is 0. The van der Waals surface area contributed by atoms with E-state index < -0.39 is 0 Å². The SMILES string of the molecule is COc1cc2c(cc1OC(C)C)CN(c1ccc(N(C)CC3CCC(N4CCN(C)C(=O)C4)CC3)c(F)c1)C(=O)C2.Cc1ccc(Cl)cc1. The highest BCUT2D eigenvalue weighted by molar-refractivity contribution is 6.30. The molecule has 1 saturated carbocycles. The highest BCUT2D eigenvalue weighted by Crippen LogP contribution is 2.37. The first-order valence-corrected chi connectivity index (χ1v) is 17.7. The van der Waals surface area contributed by atoms with Crippen LogP contribution in [0.2, 0.25) is 5.02 Å². The van der Waals surface area contributed by atoms with E-state index in [9.17, 15) is 9.59 Å². The minimum Gasteiger partial charge on any atom is -0.493 e. The van der Waals surface area contributed by atoms with Crippen LogP contribution in [0.4, 0.5) is 15.8 Å². The summed E-state index contributed by atoms with van der Waals surface area (Å²) in [5.74, 6) is 1.54. The Kier molecular flexibility index (Phi) is 12.1. The van der Waals surface area contributed by atoms with E-state index in [0.29, 0.717) is 47.9 Å². The Morgan fingerprint density at radius 1 is 0.918 bits per heavy atom. The lowest BCUT2D eigenvalue weighted by molar-refractivity contribution is -0.135. The van der Waals surface area contributed by atoms with Gasteiger partial charge in [0.25, 0.3) is 0 Å². The molecular formula is C39H50ClFN4O4. The van der Waals surface area contributed by atoms with E-state index in [0.717, 1.165) is 61.5 Å². The van der Waals surface area contributed by atoms with E-state index in [2.05, 4.69) is 4.90 Å². The number of benzene rings is 3. The zero-order valence-corrected chi connectivity index (χ0v) is 30.4. The second-order valence-electron chi connectivity index (χ2n) is 13.9. The molecule has 2 fully saturated rings. The fraction of sp³-hybridized carbons (Fsp3) is 0.487. The Hall–Kier alpha value is -3.82. The monoisotopic (exact) mass is 692 g/mol. The number of rotatable bonds is 8. The lowest BCUT2D eigenvalue weighted by atomic mass is 9.84. The van der Waals surface area contributed by atoms with Crippen molar-refractivity contribution in [2.75, 3.05) is 57.2 Å². The van der Waals surface area contributed by atoms with Crippen molar-refractivity contribution in [2.45, 2.75) is 71.6 Å². The molecule has 2 amide bonds. The predicted molar refractivity (Wildman–Crippen MR) is 194 cm³/mol. The van der Waals surface area contributed by atoms with Gasteiger partial charge in [-0.25, -0.2) is 4.39 Å². The number of fused-ring (bicyclic) bond motifs is 1. The number of hydrogen-bond acceptors (Lipinski definition) is 6. The summed E-state index contributed by atoms with van der Waals surface area (Å²) in [6.45, 7) is 9.35. The highest BCUT2D eigenvalue weighted by Gasteiger charge is 2.31. The molecule has 3 aromatic rings. The molecule has 8 nitrogen and oxygen atoms in total. The van der Waals surface area contributed by atoms with Crippen LogP contribution in [0.25, 0.3) is 0 Å². The van der Waals surface area contributed by atoms with Crippen LogP contribution in [-0.4, -0.2) is 81.1 Å². The van der Waals surface area contributed by atoms with Crippen molar-refractivity contribution in [1.29, 1.82) is 0 Å². The quantitative estimate of drug-likeness (QED) is 0.250. The lowest BCUT2D eigenvalue weighted by Gasteiger charge is -2.41. The van der Waals surface area contributed by atoms with Gasteiger partial charge >= 0.3 is 0 Å². The summed E-state index contributed by atoms with van der Waals surface area (Å²) in [4.78, 5) is 33.0. The maximum absolute atomic E-state index is 15.5. The summed E-state index contributed by atoms with van der Waals surface area (Å²) in [6.07, 6.45) is 4.51. The fourth-order valence-electron chi connectivity index (χ4n) is 6.99. The Bertz CT molecular complexity index is 1590. The van der Waals surface area contributed by atoms with Gasteiger partial charge in [0, 0.05) is 50.5 Å². The highest BCUT2D eigenvalue weighted by atomic mass is 35.5. The molecule has 49 heavy (non-hydrogen) atoms. The number of likely N-dealkylation sites (N-methyl/N-ethyl adjacent to an activating group) is 1. The van der Waals surface area contributed by atoms with Gasteiger partial charge in [-0.1, -0.05) is 29.3 Å². The minimum atomic E-state index is -0.327. The summed E-state index contributed by atoms with van der Waals surface area (Å²) in [5.41, 5.74) is 4.22. The Morgan fingerprint density at radius 3 is 2.22 bits per heavy atom. The van der Waals surface area contributed by atoms with Gasteiger partial charge in [-0.2, -0.15) is 0 Å². The minimum absolute atomic E-state index is 0.0143. The van der Waals surface area contributed by atoms with Gasteiger partial charge in [0.1, 0.15) is 5.82 Å². The van der Waals surface area contributed by atoms with Crippen molar-refractivity contribution in [1.82, 2.24) is 9.80 Å². The van der Waals surface area contributed by atoms with Crippen LogP contribution >= 0.6 is 11.6 Å². The van der Waals surface area contributed by atoms with E-state index in [1.54, 1.807) is 18.1 Å². The van der Waals surface area contributed by atoms with Crippen molar-refractivity contribution >= 4 is 34.8 Å². The van der Waals surface area contributed by atoms with Crippen LogP contribution in [0.3, 0.4) is 0 Å². The molecule has 1 aliphatic carbocycles. The number of aryl methyl sites for hydroxylation is 1. The standard InChI is InChI=1S/C32H43FN4O4.C7H7Cl/c1-21(2)41-30-15-24-19-37(31(38)16-23(24)14-29(30)40-5)26-10-11-28(27(33)17-26)35(4)18-22-6-8-25(9-7-22)36-13-12-34(3)32(39)20-36;1-6-2-4-7(8)5-3-6/h10-11,14-15,17,21-22,25H,6-9,12-13,16,18-20H2,1-5H3;2-5H,1H3. The summed E-state index contributed by atoms with van der Waals surface area (Å²) in [5, 5.41) is 0.801. The first-order valence-electron chi connectivity index (χ1n) is 17.3. The molecular weight excluding hydrogens is 643 g/mol. The third-order valence-corrected chi connectivity index (χ3v) is 10.1. The van der Waals surface area contributed by atoms with Crippen molar-refractivity contribution in [2.24, 2.45) is 5.92 Å². The summed E-state index contributed by atoms with van der Waals surface area (Å²) < 4.78 is 26.9. The van der Waals surface area contributed by atoms with Crippen molar-refractivity contribution < 1.29 is 23.5 Å². The molecule has 0 atom stereocenters. The molecule has 0 N–H and O–H groups in total. The normalized spacial score (nSPS) is 19.7. The number of anilines is 2. The molecule has 264 valence electrons. The molecule has 0 radical (unpaired) electrons. The average Bonchev–Trinajstić information content (AvgIpc) is 3.07. The number of piperazine rings is 1. The summed E-state index contributed by atoms with van der Waals surface area (Å²) in [6, 6.07) is 17.1. The number of carbonyl (C=O) groups excluding carboxylic acids is 2. The number of nitrogens with zero attached hydrogens (tertiary/aromatic N) is 4. The van der Waals surface area contributed by atoms with E-state index in [-0.39, 0.29) is 30.2 Å². The molecule has 2 aliphatic heterocycles. The van der Waals surface area contributed by atoms with Gasteiger partial charge in [0.15, 0.2) is 11.5 Å². The largest absolute Gasteiger partial charge is 0.493 e. The second kappa shape index (κ2) is 16.3. The topological polar surface area (TPSA) is 65.6 Å². The van der Waals surface area contributed by atoms with Gasteiger partial charge in [0.05, 0.1) is 38.4 Å². The maximum atomic E-state index is 15.5. The van der Waals surface area contributed by atoms with Crippen LogP contribution in [0.1, 0.15) is 56.2 Å². The van der Waals surface area contributed by atoms with Gasteiger partial charge in [-0.05, 0) is 106 Å². The van der Waals surface area contributed by atoms with Gasteiger partial charge in [0.2, 0.25) is 11.8 Å². The molecule has 3 aliphatic rings.